The Hall–Kier alpha value is -4.85. The first-order chi connectivity index (χ1) is 17.9. The fourth-order valence-electron chi connectivity index (χ4n) is 4.34. The van der Waals surface area contributed by atoms with Gasteiger partial charge in [-0.05, 0) is 49.7 Å². The van der Waals surface area contributed by atoms with E-state index in [1.807, 2.05) is 50.2 Å². The van der Waals surface area contributed by atoms with Gasteiger partial charge >= 0.3 is 6.01 Å². The SMILES string of the molecule is Cc1cc(C)nc(Oc2cccc(NC(=O)C(Cc3ccccc3)N3C(=O)c4ccccc4C3=O)c2)n1. The van der Waals surface area contributed by atoms with E-state index in [0.29, 0.717) is 22.6 Å². The molecule has 4 aromatic rings. The lowest BCUT2D eigenvalue weighted by atomic mass is 10.0. The number of carbonyl (C=O) groups is 3. The van der Waals surface area contributed by atoms with E-state index < -0.39 is 23.8 Å². The summed E-state index contributed by atoms with van der Waals surface area (Å²) < 4.78 is 5.80. The Kier molecular flexibility index (Phi) is 6.47. The second-order valence-corrected chi connectivity index (χ2v) is 8.78. The van der Waals surface area contributed by atoms with Crippen LogP contribution in [0.3, 0.4) is 0 Å². The Morgan fingerprint density at radius 3 is 2.11 bits per heavy atom. The van der Waals surface area contributed by atoms with Crippen LogP contribution in [0.15, 0.2) is 84.9 Å². The molecule has 3 aromatic carbocycles. The molecule has 5 rings (SSSR count). The summed E-state index contributed by atoms with van der Waals surface area (Å²) in [6.45, 7) is 3.70. The molecule has 1 unspecified atom stereocenters. The highest BCUT2D eigenvalue weighted by molar-refractivity contribution is 6.23. The van der Waals surface area contributed by atoms with Gasteiger partial charge in [-0.1, -0.05) is 48.5 Å². The van der Waals surface area contributed by atoms with Crippen LogP contribution < -0.4 is 10.1 Å². The summed E-state index contributed by atoms with van der Waals surface area (Å²) in [4.78, 5) is 49.6. The Morgan fingerprint density at radius 2 is 1.46 bits per heavy atom. The van der Waals surface area contributed by atoms with E-state index in [2.05, 4.69) is 15.3 Å². The van der Waals surface area contributed by atoms with E-state index in [1.54, 1.807) is 48.5 Å². The Labute approximate surface area is 213 Å². The second-order valence-electron chi connectivity index (χ2n) is 8.78. The lowest BCUT2D eigenvalue weighted by molar-refractivity contribution is -0.119. The smallest absolute Gasteiger partial charge is 0.322 e. The van der Waals surface area contributed by atoms with Crippen LogP contribution >= 0.6 is 0 Å². The standard InChI is InChI=1S/C29H24N4O4/c1-18-15-19(2)31-29(30-18)37-22-12-8-11-21(17-22)32-26(34)25(16-20-9-4-3-5-10-20)33-27(35)23-13-6-7-14-24(23)28(33)36/h3-15,17,25H,16H2,1-2H3,(H,32,34). The number of imide groups is 1. The van der Waals surface area contributed by atoms with Crippen molar-refractivity contribution in [2.24, 2.45) is 0 Å². The molecular weight excluding hydrogens is 468 g/mol. The maximum atomic E-state index is 13.6. The summed E-state index contributed by atoms with van der Waals surface area (Å²) in [6.07, 6.45) is 0.171. The molecule has 0 fully saturated rings. The minimum atomic E-state index is -1.05. The first-order valence-corrected chi connectivity index (χ1v) is 11.8. The summed E-state index contributed by atoms with van der Waals surface area (Å²) in [5, 5.41) is 2.85. The van der Waals surface area contributed by atoms with Gasteiger partial charge in [-0.25, -0.2) is 9.97 Å². The molecule has 0 saturated carbocycles. The summed E-state index contributed by atoms with van der Waals surface area (Å²) in [6, 6.07) is 23.7. The van der Waals surface area contributed by atoms with Crippen molar-refractivity contribution in [2.75, 3.05) is 5.32 Å². The molecule has 1 atom stereocenters. The summed E-state index contributed by atoms with van der Waals surface area (Å²) in [5.41, 5.74) is 3.41. The van der Waals surface area contributed by atoms with Gasteiger partial charge in [-0.2, -0.15) is 0 Å². The van der Waals surface area contributed by atoms with Crippen LogP contribution in [-0.2, 0) is 11.2 Å². The highest BCUT2D eigenvalue weighted by atomic mass is 16.5. The summed E-state index contributed by atoms with van der Waals surface area (Å²) in [5.74, 6) is -1.03. The molecule has 1 aliphatic rings. The number of hydrogen-bond donors (Lipinski definition) is 1. The van der Waals surface area contributed by atoms with Crippen LogP contribution in [0.2, 0.25) is 0 Å². The van der Waals surface area contributed by atoms with Crippen molar-refractivity contribution in [1.29, 1.82) is 0 Å². The van der Waals surface area contributed by atoms with Crippen molar-refractivity contribution >= 4 is 23.4 Å². The molecule has 1 N–H and O–H groups in total. The van der Waals surface area contributed by atoms with Gasteiger partial charge in [0.15, 0.2) is 0 Å². The van der Waals surface area contributed by atoms with Gasteiger partial charge in [0.25, 0.3) is 11.8 Å². The normalized spacial score (nSPS) is 13.3. The topological polar surface area (TPSA) is 101 Å². The van der Waals surface area contributed by atoms with Crippen molar-refractivity contribution in [3.8, 4) is 11.8 Å². The highest BCUT2D eigenvalue weighted by Crippen LogP contribution is 2.28. The predicted molar refractivity (Wildman–Crippen MR) is 138 cm³/mol. The average molecular weight is 493 g/mol. The molecule has 37 heavy (non-hydrogen) atoms. The minimum Gasteiger partial charge on any atom is -0.424 e. The molecule has 0 saturated heterocycles. The fourth-order valence-corrected chi connectivity index (χ4v) is 4.34. The Balaban J connectivity index is 1.41. The number of anilines is 1. The van der Waals surface area contributed by atoms with Gasteiger partial charge in [0.1, 0.15) is 11.8 Å². The molecule has 3 amide bonds. The number of hydrogen-bond acceptors (Lipinski definition) is 6. The van der Waals surface area contributed by atoms with Crippen LogP contribution in [0.25, 0.3) is 0 Å². The number of fused-ring (bicyclic) bond motifs is 1. The van der Waals surface area contributed by atoms with Gasteiger partial charge in [0, 0.05) is 29.6 Å². The predicted octanol–water partition coefficient (Wildman–Crippen LogP) is 4.73. The van der Waals surface area contributed by atoms with Gasteiger partial charge < -0.3 is 10.1 Å². The van der Waals surface area contributed by atoms with Crippen molar-refractivity contribution in [3.63, 3.8) is 0 Å². The van der Waals surface area contributed by atoms with Crippen molar-refractivity contribution < 1.29 is 19.1 Å². The van der Waals surface area contributed by atoms with E-state index in [4.69, 9.17) is 4.74 Å². The zero-order valence-electron chi connectivity index (χ0n) is 20.3. The molecule has 2 heterocycles. The fraction of sp³-hybridized carbons (Fsp3) is 0.138. The van der Waals surface area contributed by atoms with E-state index in [9.17, 15) is 14.4 Å². The number of nitrogens with zero attached hydrogens (tertiary/aromatic N) is 3. The van der Waals surface area contributed by atoms with Crippen LogP contribution in [0, 0.1) is 13.8 Å². The second kappa shape index (κ2) is 10.0. The van der Waals surface area contributed by atoms with Crippen LogP contribution in [0.5, 0.6) is 11.8 Å². The first kappa shape index (κ1) is 23.9. The van der Waals surface area contributed by atoms with Gasteiger partial charge in [0.2, 0.25) is 5.91 Å². The third-order valence-electron chi connectivity index (χ3n) is 5.98. The zero-order chi connectivity index (χ0) is 25.9. The van der Waals surface area contributed by atoms with Crippen LogP contribution in [-0.4, -0.2) is 38.6 Å². The number of aromatic nitrogens is 2. The molecule has 8 heteroatoms. The number of ether oxygens (including phenoxy) is 1. The molecule has 1 aliphatic heterocycles. The third kappa shape index (κ3) is 5.08. The average Bonchev–Trinajstić information content (AvgIpc) is 3.12. The molecule has 184 valence electrons. The minimum absolute atomic E-state index is 0.171. The van der Waals surface area contributed by atoms with E-state index in [1.165, 1.54) is 0 Å². The zero-order valence-corrected chi connectivity index (χ0v) is 20.3. The van der Waals surface area contributed by atoms with E-state index in [0.717, 1.165) is 21.9 Å². The molecule has 1 aromatic heterocycles. The molecular formula is C29H24N4O4. The van der Waals surface area contributed by atoms with Crippen molar-refractivity contribution in [2.45, 2.75) is 26.3 Å². The van der Waals surface area contributed by atoms with Crippen molar-refractivity contribution in [1.82, 2.24) is 14.9 Å². The van der Waals surface area contributed by atoms with E-state index >= 15 is 0 Å². The largest absolute Gasteiger partial charge is 0.424 e. The Bertz CT molecular complexity index is 1450. The maximum Gasteiger partial charge on any atom is 0.322 e. The van der Waals surface area contributed by atoms with Gasteiger partial charge in [0.05, 0.1) is 11.1 Å². The van der Waals surface area contributed by atoms with Crippen LogP contribution in [0.1, 0.15) is 37.7 Å². The molecule has 0 aliphatic carbocycles. The number of benzene rings is 3. The lowest BCUT2D eigenvalue weighted by Gasteiger charge is -2.25. The number of nitrogens with one attached hydrogen (secondary N) is 1. The van der Waals surface area contributed by atoms with Crippen LogP contribution in [0.4, 0.5) is 5.69 Å². The molecule has 8 nitrogen and oxygen atoms in total. The Morgan fingerprint density at radius 1 is 0.838 bits per heavy atom. The highest BCUT2D eigenvalue weighted by Gasteiger charge is 2.42. The first-order valence-electron chi connectivity index (χ1n) is 11.8. The number of rotatable bonds is 7. The quantitative estimate of drug-likeness (QED) is 0.374. The summed E-state index contributed by atoms with van der Waals surface area (Å²) >= 11 is 0. The third-order valence-corrected chi connectivity index (χ3v) is 5.98. The monoisotopic (exact) mass is 492 g/mol. The molecule has 0 radical (unpaired) electrons. The number of carbonyl (C=O) groups excluding carboxylic acids is 3. The van der Waals surface area contributed by atoms with Gasteiger partial charge in [-0.3, -0.25) is 19.3 Å². The summed E-state index contributed by atoms with van der Waals surface area (Å²) in [7, 11) is 0. The van der Waals surface area contributed by atoms with Gasteiger partial charge in [-0.15, -0.1) is 0 Å². The van der Waals surface area contributed by atoms with Crippen molar-refractivity contribution in [3.05, 3.63) is 113 Å². The van der Waals surface area contributed by atoms with E-state index in [-0.39, 0.29) is 12.4 Å². The number of aryl methyl sites for hydroxylation is 2. The molecule has 0 bridgehead atoms. The molecule has 0 spiro atoms. The maximum absolute atomic E-state index is 13.6. The number of amides is 3. The lowest BCUT2D eigenvalue weighted by Crippen LogP contribution is -2.48.